The lowest BCUT2D eigenvalue weighted by atomic mass is 10.1. The molecule has 3 aromatic rings. The molecule has 110 valence electrons. The molecule has 0 unspecified atom stereocenters. The molecule has 1 heterocycles. The minimum absolute atomic E-state index is 0.693. The molecule has 0 aliphatic carbocycles. The second-order valence-corrected chi connectivity index (χ2v) is 5.62. The molecular weight excluding hydrogens is 270 g/mol. The van der Waals surface area contributed by atoms with E-state index in [1.54, 1.807) is 0 Å². The van der Waals surface area contributed by atoms with Gasteiger partial charge >= 0.3 is 0 Å². The molecule has 0 bridgehead atoms. The van der Waals surface area contributed by atoms with Crippen LogP contribution in [0.1, 0.15) is 22.5 Å². The summed E-state index contributed by atoms with van der Waals surface area (Å²) in [5.74, 6) is 0.805. The average molecular weight is 289 g/mol. The van der Waals surface area contributed by atoms with Crippen molar-refractivity contribution < 1.29 is 0 Å². The normalized spacial score (nSPS) is 10.6. The highest BCUT2D eigenvalue weighted by molar-refractivity contribution is 5.61. The predicted octanol–water partition coefficient (Wildman–Crippen LogP) is 3.93. The fourth-order valence-corrected chi connectivity index (χ4v) is 2.32. The van der Waals surface area contributed by atoms with Gasteiger partial charge in [-0.3, -0.25) is 0 Å². The summed E-state index contributed by atoms with van der Waals surface area (Å²) in [5, 5.41) is 0. The number of aromatic nitrogens is 2. The van der Waals surface area contributed by atoms with Crippen molar-refractivity contribution in [2.45, 2.75) is 20.3 Å². The van der Waals surface area contributed by atoms with Crippen LogP contribution < -0.4 is 5.73 Å². The zero-order valence-electron chi connectivity index (χ0n) is 12.9. The largest absolute Gasteiger partial charge is 0.399 e. The van der Waals surface area contributed by atoms with E-state index in [0.717, 1.165) is 33.8 Å². The van der Waals surface area contributed by atoms with Crippen LogP contribution in [0.4, 0.5) is 5.69 Å². The van der Waals surface area contributed by atoms with E-state index in [-0.39, 0.29) is 0 Å². The summed E-state index contributed by atoms with van der Waals surface area (Å²) in [6.45, 7) is 4.09. The first-order chi connectivity index (χ1) is 10.6. The van der Waals surface area contributed by atoms with Gasteiger partial charge in [-0.15, -0.1) is 0 Å². The van der Waals surface area contributed by atoms with E-state index in [2.05, 4.69) is 47.2 Å². The monoisotopic (exact) mass is 289 g/mol. The number of anilines is 1. The average Bonchev–Trinajstić information content (AvgIpc) is 2.53. The molecule has 2 aromatic carbocycles. The topological polar surface area (TPSA) is 51.8 Å². The third-order valence-electron chi connectivity index (χ3n) is 3.80. The zero-order valence-corrected chi connectivity index (χ0v) is 12.9. The Morgan fingerprint density at radius 1 is 0.864 bits per heavy atom. The molecule has 3 rings (SSSR count). The molecule has 0 aliphatic heterocycles. The van der Waals surface area contributed by atoms with Crippen LogP contribution in [-0.4, -0.2) is 9.97 Å². The van der Waals surface area contributed by atoms with Gasteiger partial charge in [-0.1, -0.05) is 42.0 Å². The Bertz CT molecular complexity index is 775. The second-order valence-electron chi connectivity index (χ2n) is 5.62. The molecular formula is C19H19N3. The van der Waals surface area contributed by atoms with Gasteiger partial charge in [0, 0.05) is 30.1 Å². The quantitative estimate of drug-likeness (QED) is 0.743. The van der Waals surface area contributed by atoms with Crippen molar-refractivity contribution in [3.63, 3.8) is 0 Å². The molecule has 2 N–H and O–H groups in total. The van der Waals surface area contributed by atoms with E-state index in [1.807, 2.05) is 31.5 Å². The van der Waals surface area contributed by atoms with Crippen molar-refractivity contribution in [3.8, 4) is 11.1 Å². The summed E-state index contributed by atoms with van der Waals surface area (Å²) < 4.78 is 0. The van der Waals surface area contributed by atoms with Gasteiger partial charge in [-0.2, -0.15) is 0 Å². The van der Waals surface area contributed by atoms with Crippen molar-refractivity contribution in [2.24, 2.45) is 0 Å². The van der Waals surface area contributed by atoms with Crippen molar-refractivity contribution in [2.75, 3.05) is 5.73 Å². The number of nitrogens with zero attached hydrogens (tertiary/aromatic N) is 2. The van der Waals surface area contributed by atoms with E-state index < -0.39 is 0 Å². The van der Waals surface area contributed by atoms with E-state index in [4.69, 9.17) is 5.73 Å². The van der Waals surface area contributed by atoms with Gasteiger partial charge in [0.15, 0.2) is 0 Å². The van der Waals surface area contributed by atoms with Gasteiger partial charge in [-0.25, -0.2) is 9.97 Å². The molecule has 22 heavy (non-hydrogen) atoms. The highest BCUT2D eigenvalue weighted by atomic mass is 14.9. The number of nitrogen functional groups attached to an aromatic ring is 1. The third kappa shape index (κ3) is 3.14. The van der Waals surface area contributed by atoms with Crippen LogP contribution in [0, 0.1) is 13.8 Å². The van der Waals surface area contributed by atoms with Crippen LogP contribution in [0.2, 0.25) is 0 Å². The van der Waals surface area contributed by atoms with Crippen molar-refractivity contribution in [1.29, 1.82) is 0 Å². The van der Waals surface area contributed by atoms with Crippen LogP contribution in [0.25, 0.3) is 11.1 Å². The van der Waals surface area contributed by atoms with Gasteiger partial charge in [-0.05, 0) is 36.6 Å². The summed E-state index contributed by atoms with van der Waals surface area (Å²) in [4.78, 5) is 8.95. The lowest BCUT2D eigenvalue weighted by Gasteiger charge is -2.06. The molecule has 0 saturated heterocycles. The molecule has 0 atom stereocenters. The first kappa shape index (κ1) is 14.3. The first-order valence-electron chi connectivity index (χ1n) is 7.35. The van der Waals surface area contributed by atoms with E-state index in [0.29, 0.717) is 6.42 Å². The van der Waals surface area contributed by atoms with Crippen molar-refractivity contribution in [3.05, 3.63) is 77.4 Å². The fraction of sp³-hybridized carbons (Fsp3) is 0.158. The predicted molar refractivity (Wildman–Crippen MR) is 90.6 cm³/mol. The van der Waals surface area contributed by atoms with E-state index in [9.17, 15) is 0 Å². The standard InChI is InChI=1S/C19H19N3/c1-13-3-7-16(8-4-13)17-11-21-19(22-12-17)10-15-6-5-14(2)18(20)9-15/h3-9,11-12H,10,20H2,1-2H3. The minimum Gasteiger partial charge on any atom is -0.399 e. The lowest BCUT2D eigenvalue weighted by molar-refractivity contribution is 0.969. The lowest BCUT2D eigenvalue weighted by Crippen LogP contribution is -1.98. The zero-order chi connectivity index (χ0) is 15.5. The number of hydrogen-bond acceptors (Lipinski definition) is 3. The number of benzene rings is 2. The second kappa shape index (κ2) is 5.98. The van der Waals surface area contributed by atoms with E-state index in [1.165, 1.54) is 5.56 Å². The summed E-state index contributed by atoms with van der Waals surface area (Å²) in [6, 6.07) is 14.5. The molecule has 0 aliphatic rings. The summed E-state index contributed by atoms with van der Waals surface area (Å²) >= 11 is 0. The van der Waals surface area contributed by atoms with Gasteiger partial charge in [0.05, 0.1) is 0 Å². The number of nitrogens with two attached hydrogens (primary N) is 1. The summed E-state index contributed by atoms with van der Waals surface area (Å²) in [7, 11) is 0. The maximum atomic E-state index is 5.95. The molecule has 0 spiro atoms. The smallest absolute Gasteiger partial charge is 0.132 e. The maximum Gasteiger partial charge on any atom is 0.132 e. The van der Waals surface area contributed by atoms with Gasteiger partial charge in [0.1, 0.15) is 5.82 Å². The van der Waals surface area contributed by atoms with Crippen molar-refractivity contribution >= 4 is 5.69 Å². The van der Waals surface area contributed by atoms with Gasteiger partial charge in [0.25, 0.3) is 0 Å². The van der Waals surface area contributed by atoms with Crippen LogP contribution >= 0.6 is 0 Å². The number of hydrogen-bond donors (Lipinski definition) is 1. The number of rotatable bonds is 3. The Balaban J connectivity index is 1.79. The number of aryl methyl sites for hydroxylation is 2. The Kier molecular flexibility index (Phi) is 3.88. The molecule has 0 amide bonds. The maximum absolute atomic E-state index is 5.95. The van der Waals surface area contributed by atoms with Gasteiger partial charge in [0.2, 0.25) is 0 Å². The molecule has 0 radical (unpaired) electrons. The Morgan fingerprint density at radius 3 is 2.18 bits per heavy atom. The highest BCUT2D eigenvalue weighted by Gasteiger charge is 2.03. The molecule has 1 aromatic heterocycles. The first-order valence-corrected chi connectivity index (χ1v) is 7.35. The Labute approximate surface area is 130 Å². The van der Waals surface area contributed by atoms with Crippen molar-refractivity contribution in [1.82, 2.24) is 9.97 Å². The molecule has 3 nitrogen and oxygen atoms in total. The van der Waals surface area contributed by atoms with Crippen LogP contribution in [-0.2, 0) is 6.42 Å². The summed E-state index contributed by atoms with van der Waals surface area (Å²) in [6.07, 6.45) is 4.45. The minimum atomic E-state index is 0.693. The van der Waals surface area contributed by atoms with Crippen LogP contribution in [0.3, 0.4) is 0 Å². The Morgan fingerprint density at radius 2 is 1.55 bits per heavy atom. The van der Waals surface area contributed by atoms with Gasteiger partial charge < -0.3 is 5.73 Å². The SMILES string of the molecule is Cc1ccc(-c2cnc(Cc3ccc(C)c(N)c3)nc2)cc1. The van der Waals surface area contributed by atoms with Crippen LogP contribution in [0.15, 0.2) is 54.9 Å². The molecule has 0 saturated carbocycles. The third-order valence-corrected chi connectivity index (χ3v) is 3.80. The Hall–Kier alpha value is -2.68. The van der Waals surface area contributed by atoms with E-state index >= 15 is 0 Å². The summed E-state index contributed by atoms with van der Waals surface area (Å²) in [5.41, 5.74) is 12.4. The fourth-order valence-electron chi connectivity index (χ4n) is 2.32. The molecule has 3 heteroatoms. The highest BCUT2D eigenvalue weighted by Crippen LogP contribution is 2.19. The molecule has 0 fully saturated rings. The van der Waals surface area contributed by atoms with Crippen LogP contribution in [0.5, 0.6) is 0 Å².